The highest BCUT2D eigenvalue weighted by Gasteiger charge is 2.24. The lowest BCUT2D eigenvalue weighted by molar-refractivity contribution is 0.0981. The molecule has 0 N–H and O–H groups in total. The van der Waals surface area contributed by atoms with Gasteiger partial charge in [0.1, 0.15) is 5.84 Å². The van der Waals surface area contributed by atoms with Crippen LogP contribution in [0, 0.1) is 0 Å². The fraction of sp³-hybridized carbons (Fsp3) is 0.500. The third-order valence-electron chi connectivity index (χ3n) is 3.04. The lowest BCUT2D eigenvalue weighted by Crippen LogP contribution is -2.36. The molecule has 17 heavy (non-hydrogen) atoms. The summed E-state index contributed by atoms with van der Waals surface area (Å²) in [6.45, 7) is 6.12. The number of hydrogen-bond acceptors (Lipinski definition) is 3. The van der Waals surface area contributed by atoms with E-state index in [1.165, 1.54) is 5.56 Å². The third kappa shape index (κ3) is 2.86. The predicted octanol–water partition coefficient (Wildman–Crippen LogP) is 2.17. The van der Waals surface area contributed by atoms with Crippen molar-refractivity contribution in [1.29, 1.82) is 0 Å². The van der Waals surface area contributed by atoms with Crippen molar-refractivity contribution >= 4 is 5.84 Å². The van der Waals surface area contributed by atoms with Crippen LogP contribution in [0.1, 0.15) is 19.4 Å². The minimum absolute atomic E-state index is 0.231. The second kappa shape index (κ2) is 5.32. The van der Waals surface area contributed by atoms with E-state index in [0.29, 0.717) is 6.04 Å². The van der Waals surface area contributed by atoms with Crippen molar-refractivity contribution in [3.63, 3.8) is 0 Å². The van der Waals surface area contributed by atoms with Crippen molar-refractivity contribution in [3.8, 4) is 0 Å². The Labute approximate surface area is 103 Å². The minimum atomic E-state index is 0.231. The summed E-state index contributed by atoms with van der Waals surface area (Å²) in [5, 5.41) is 0. The topological polar surface area (TPSA) is 24.8 Å². The summed E-state index contributed by atoms with van der Waals surface area (Å²) in [5.41, 5.74) is 1.19. The van der Waals surface area contributed by atoms with Gasteiger partial charge in [-0.2, -0.15) is 0 Å². The maximum Gasteiger partial charge on any atom is 0.131 e. The molecule has 2 atom stereocenters. The van der Waals surface area contributed by atoms with E-state index >= 15 is 0 Å². The first-order chi connectivity index (χ1) is 8.20. The van der Waals surface area contributed by atoms with Gasteiger partial charge in [0.25, 0.3) is 0 Å². The molecule has 2 rings (SSSR count). The zero-order chi connectivity index (χ0) is 12.3. The molecule has 0 saturated heterocycles. The zero-order valence-electron chi connectivity index (χ0n) is 10.8. The van der Waals surface area contributed by atoms with Crippen LogP contribution < -0.4 is 0 Å². The maximum atomic E-state index is 5.33. The van der Waals surface area contributed by atoms with Crippen molar-refractivity contribution in [2.45, 2.75) is 26.0 Å². The molecule has 3 heteroatoms. The van der Waals surface area contributed by atoms with Crippen LogP contribution in [-0.4, -0.2) is 43.1 Å². The van der Waals surface area contributed by atoms with E-state index in [1.807, 2.05) is 6.07 Å². The Morgan fingerprint density at radius 1 is 1.41 bits per heavy atom. The van der Waals surface area contributed by atoms with Gasteiger partial charge in [0, 0.05) is 25.8 Å². The number of hydrogen-bond donors (Lipinski definition) is 0. The second-order valence-electron chi connectivity index (χ2n) is 4.62. The monoisotopic (exact) mass is 232 g/mol. The standard InChI is InChI=1S/C14H20N2O/c1-11-9-16(10-12(2)17-3)14(15-11)13-7-5-4-6-8-13/h4-8,11-12H,9-10H2,1-3H3. The first-order valence-corrected chi connectivity index (χ1v) is 6.11. The molecule has 0 saturated carbocycles. The Balaban J connectivity index is 2.16. The van der Waals surface area contributed by atoms with Gasteiger partial charge in [-0.25, -0.2) is 0 Å². The van der Waals surface area contributed by atoms with Gasteiger partial charge in [-0.1, -0.05) is 30.3 Å². The Bertz CT molecular complexity index is 388. The highest BCUT2D eigenvalue weighted by atomic mass is 16.5. The molecule has 0 fully saturated rings. The van der Waals surface area contributed by atoms with Crippen molar-refractivity contribution in [2.75, 3.05) is 20.2 Å². The van der Waals surface area contributed by atoms with Crippen molar-refractivity contribution in [2.24, 2.45) is 4.99 Å². The lowest BCUT2D eigenvalue weighted by Gasteiger charge is -2.24. The van der Waals surface area contributed by atoms with Gasteiger partial charge in [-0.05, 0) is 13.8 Å². The molecule has 0 bridgehead atoms. The van der Waals surface area contributed by atoms with E-state index in [4.69, 9.17) is 9.73 Å². The van der Waals surface area contributed by atoms with Gasteiger partial charge < -0.3 is 9.64 Å². The van der Waals surface area contributed by atoms with Crippen molar-refractivity contribution in [3.05, 3.63) is 35.9 Å². The van der Waals surface area contributed by atoms with E-state index in [2.05, 4.69) is 43.0 Å². The molecule has 0 aliphatic carbocycles. The van der Waals surface area contributed by atoms with Gasteiger partial charge in [-0.15, -0.1) is 0 Å². The summed E-state index contributed by atoms with van der Waals surface area (Å²) in [6, 6.07) is 10.7. The number of amidine groups is 1. The minimum Gasteiger partial charge on any atom is -0.380 e. The molecule has 0 amide bonds. The highest BCUT2D eigenvalue weighted by Crippen LogP contribution is 2.16. The fourth-order valence-electron chi connectivity index (χ4n) is 2.13. The van der Waals surface area contributed by atoms with E-state index in [1.54, 1.807) is 7.11 Å². The SMILES string of the molecule is COC(C)CN1CC(C)N=C1c1ccccc1. The molecular weight excluding hydrogens is 212 g/mol. The number of methoxy groups -OCH3 is 1. The lowest BCUT2D eigenvalue weighted by atomic mass is 10.2. The molecule has 92 valence electrons. The normalized spacial score (nSPS) is 21.5. The Kier molecular flexibility index (Phi) is 3.79. The molecule has 1 aromatic rings. The van der Waals surface area contributed by atoms with Crippen LogP contribution in [-0.2, 0) is 4.74 Å². The van der Waals surface area contributed by atoms with Crippen molar-refractivity contribution in [1.82, 2.24) is 4.90 Å². The highest BCUT2D eigenvalue weighted by molar-refractivity contribution is 5.99. The van der Waals surface area contributed by atoms with Crippen LogP contribution in [0.5, 0.6) is 0 Å². The molecular formula is C14H20N2O. The third-order valence-corrected chi connectivity index (χ3v) is 3.04. The number of benzene rings is 1. The Morgan fingerprint density at radius 2 is 2.12 bits per heavy atom. The van der Waals surface area contributed by atoms with Crippen LogP contribution in [0.2, 0.25) is 0 Å². The summed E-state index contributed by atoms with van der Waals surface area (Å²) in [6.07, 6.45) is 0.231. The molecule has 0 radical (unpaired) electrons. The van der Waals surface area contributed by atoms with Gasteiger partial charge in [0.15, 0.2) is 0 Å². The van der Waals surface area contributed by atoms with E-state index in [0.717, 1.165) is 18.9 Å². The average Bonchev–Trinajstić information content (AvgIpc) is 2.71. The zero-order valence-corrected chi connectivity index (χ0v) is 10.8. The molecule has 1 aliphatic heterocycles. The average molecular weight is 232 g/mol. The van der Waals surface area contributed by atoms with Crippen molar-refractivity contribution < 1.29 is 4.74 Å². The fourth-order valence-corrected chi connectivity index (χ4v) is 2.13. The van der Waals surface area contributed by atoms with Gasteiger partial charge in [-0.3, -0.25) is 4.99 Å². The Morgan fingerprint density at radius 3 is 2.76 bits per heavy atom. The molecule has 0 spiro atoms. The molecule has 1 aliphatic rings. The molecule has 0 aromatic heterocycles. The number of rotatable bonds is 4. The van der Waals surface area contributed by atoms with Gasteiger partial charge >= 0.3 is 0 Å². The van der Waals surface area contributed by atoms with Crippen LogP contribution in [0.3, 0.4) is 0 Å². The number of ether oxygens (including phenoxy) is 1. The van der Waals surface area contributed by atoms with Crippen LogP contribution >= 0.6 is 0 Å². The second-order valence-corrected chi connectivity index (χ2v) is 4.62. The smallest absolute Gasteiger partial charge is 0.131 e. The van der Waals surface area contributed by atoms with Gasteiger partial charge in [0.05, 0.1) is 12.1 Å². The van der Waals surface area contributed by atoms with E-state index in [9.17, 15) is 0 Å². The summed E-state index contributed by atoms with van der Waals surface area (Å²) in [4.78, 5) is 7.03. The first-order valence-electron chi connectivity index (χ1n) is 6.11. The molecule has 1 heterocycles. The summed E-state index contributed by atoms with van der Waals surface area (Å²) < 4.78 is 5.33. The first kappa shape index (κ1) is 12.1. The predicted molar refractivity (Wildman–Crippen MR) is 70.5 cm³/mol. The number of aliphatic imine (C=N–C) groups is 1. The largest absolute Gasteiger partial charge is 0.380 e. The maximum absolute atomic E-state index is 5.33. The van der Waals surface area contributed by atoms with Crippen LogP contribution in [0.15, 0.2) is 35.3 Å². The quantitative estimate of drug-likeness (QED) is 0.795. The molecule has 1 aromatic carbocycles. The van der Waals surface area contributed by atoms with E-state index in [-0.39, 0.29) is 6.10 Å². The van der Waals surface area contributed by atoms with Crippen LogP contribution in [0.25, 0.3) is 0 Å². The molecule has 3 nitrogen and oxygen atoms in total. The van der Waals surface area contributed by atoms with E-state index < -0.39 is 0 Å². The summed E-state index contributed by atoms with van der Waals surface area (Å²) in [5.74, 6) is 1.10. The summed E-state index contributed by atoms with van der Waals surface area (Å²) in [7, 11) is 1.75. The van der Waals surface area contributed by atoms with Crippen LogP contribution in [0.4, 0.5) is 0 Å². The summed E-state index contributed by atoms with van der Waals surface area (Å²) >= 11 is 0. The Hall–Kier alpha value is -1.35. The van der Waals surface area contributed by atoms with Gasteiger partial charge in [0.2, 0.25) is 0 Å². The molecule has 2 unspecified atom stereocenters. The number of nitrogens with zero attached hydrogens (tertiary/aromatic N) is 2.